The van der Waals surface area contributed by atoms with Crippen LogP contribution in [0, 0.1) is 5.92 Å². The van der Waals surface area contributed by atoms with Gasteiger partial charge in [-0.05, 0) is 38.0 Å². The lowest BCUT2D eigenvalue weighted by Gasteiger charge is -2.37. The zero-order valence-corrected chi connectivity index (χ0v) is 15.8. The van der Waals surface area contributed by atoms with Crippen LogP contribution in [0.5, 0.6) is 0 Å². The molecule has 1 aliphatic heterocycles. The number of benzene rings is 1. The molecule has 2 amide bonds. The van der Waals surface area contributed by atoms with Crippen molar-refractivity contribution in [3.05, 3.63) is 28.8 Å². The summed E-state index contributed by atoms with van der Waals surface area (Å²) in [5, 5.41) is 3.24. The second-order valence-corrected chi connectivity index (χ2v) is 7.80. The Morgan fingerprint density at radius 3 is 2.69 bits per heavy atom. The zero-order chi connectivity index (χ0) is 18.7. The Morgan fingerprint density at radius 1 is 1.31 bits per heavy atom. The lowest BCUT2D eigenvalue weighted by Crippen LogP contribution is -2.51. The second-order valence-electron chi connectivity index (χ2n) is 7.39. The minimum atomic E-state index is -0.488. The minimum Gasteiger partial charge on any atom is -0.378 e. The fourth-order valence-corrected chi connectivity index (χ4v) is 3.98. The number of amides is 2. The first kappa shape index (κ1) is 19.1. The van der Waals surface area contributed by atoms with E-state index >= 15 is 0 Å². The van der Waals surface area contributed by atoms with Crippen molar-refractivity contribution in [3.8, 4) is 0 Å². The molecule has 1 saturated carbocycles. The summed E-state index contributed by atoms with van der Waals surface area (Å²) in [4.78, 5) is 26.9. The molecule has 0 radical (unpaired) electrons. The van der Waals surface area contributed by atoms with Gasteiger partial charge in [0.2, 0.25) is 5.91 Å². The number of carbonyl (C=O) groups is 2. The summed E-state index contributed by atoms with van der Waals surface area (Å²) >= 11 is 6.31. The molecular formula is C19H26ClN3O3. The van der Waals surface area contributed by atoms with Crippen LogP contribution in [0.15, 0.2) is 18.2 Å². The molecule has 2 fully saturated rings. The van der Waals surface area contributed by atoms with Crippen LogP contribution in [0.4, 0.5) is 5.69 Å². The van der Waals surface area contributed by atoms with Crippen LogP contribution in [0.2, 0.25) is 5.02 Å². The van der Waals surface area contributed by atoms with Gasteiger partial charge in [-0.1, -0.05) is 24.4 Å². The van der Waals surface area contributed by atoms with Crippen molar-refractivity contribution in [2.24, 2.45) is 11.7 Å². The molecule has 142 valence electrons. The molecule has 26 heavy (non-hydrogen) atoms. The summed E-state index contributed by atoms with van der Waals surface area (Å²) in [7, 11) is 0. The molecule has 0 spiro atoms. The third-order valence-corrected chi connectivity index (χ3v) is 5.65. The van der Waals surface area contributed by atoms with Crippen LogP contribution in [0.1, 0.15) is 43.0 Å². The van der Waals surface area contributed by atoms with Crippen LogP contribution in [-0.2, 0) is 9.53 Å². The van der Waals surface area contributed by atoms with Crippen molar-refractivity contribution in [3.63, 3.8) is 0 Å². The Bertz CT molecular complexity index is 687. The van der Waals surface area contributed by atoms with E-state index in [4.69, 9.17) is 22.1 Å². The fourth-order valence-electron chi connectivity index (χ4n) is 3.72. The van der Waals surface area contributed by atoms with E-state index in [-0.39, 0.29) is 17.7 Å². The lowest BCUT2D eigenvalue weighted by molar-refractivity contribution is -0.122. The first-order valence-electron chi connectivity index (χ1n) is 9.15. The Labute approximate surface area is 159 Å². The van der Waals surface area contributed by atoms with Crippen molar-refractivity contribution in [1.29, 1.82) is 0 Å². The number of anilines is 1. The van der Waals surface area contributed by atoms with Crippen LogP contribution >= 0.6 is 11.6 Å². The van der Waals surface area contributed by atoms with E-state index in [1.54, 1.807) is 23.1 Å². The van der Waals surface area contributed by atoms with E-state index in [1.165, 1.54) is 0 Å². The maximum Gasteiger partial charge on any atom is 0.255 e. The van der Waals surface area contributed by atoms with Gasteiger partial charge in [-0.2, -0.15) is 0 Å². The van der Waals surface area contributed by atoms with Crippen molar-refractivity contribution in [2.45, 2.75) is 38.1 Å². The molecule has 2 aliphatic rings. The molecule has 6 nitrogen and oxygen atoms in total. The van der Waals surface area contributed by atoms with E-state index < -0.39 is 5.54 Å². The monoisotopic (exact) mass is 379 g/mol. The fraction of sp³-hybridized carbons (Fsp3) is 0.579. The Kier molecular flexibility index (Phi) is 5.85. The maximum atomic E-state index is 12.6. The molecule has 1 aromatic rings. The first-order valence-corrected chi connectivity index (χ1v) is 9.52. The lowest BCUT2D eigenvalue weighted by atomic mass is 9.74. The van der Waals surface area contributed by atoms with E-state index in [2.05, 4.69) is 5.32 Å². The smallest absolute Gasteiger partial charge is 0.255 e. The molecule has 1 heterocycles. The molecule has 3 rings (SSSR count). The largest absolute Gasteiger partial charge is 0.378 e. The molecule has 0 aromatic heterocycles. The quantitative estimate of drug-likeness (QED) is 0.845. The summed E-state index contributed by atoms with van der Waals surface area (Å²) in [6.45, 7) is 4.13. The predicted octanol–water partition coefficient (Wildman–Crippen LogP) is 2.66. The predicted molar refractivity (Wildman–Crippen MR) is 101 cm³/mol. The highest BCUT2D eigenvalue weighted by molar-refractivity contribution is 6.34. The number of nitrogens with one attached hydrogen (secondary N) is 1. The van der Waals surface area contributed by atoms with Gasteiger partial charge in [-0.3, -0.25) is 9.59 Å². The average Bonchev–Trinajstić information content (AvgIpc) is 2.61. The summed E-state index contributed by atoms with van der Waals surface area (Å²) in [6.07, 6.45) is 3.71. The number of morpholine rings is 1. The number of nitrogens with two attached hydrogens (primary N) is 1. The van der Waals surface area contributed by atoms with Gasteiger partial charge in [0.1, 0.15) is 0 Å². The highest BCUT2D eigenvalue weighted by atomic mass is 35.5. The van der Waals surface area contributed by atoms with E-state index in [1.807, 2.05) is 6.92 Å². The molecule has 2 atom stereocenters. The number of carbonyl (C=O) groups excluding carboxylic acids is 2. The van der Waals surface area contributed by atoms with Crippen molar-refractivity contribution < 1.29 is 14.3 Å². The van der Waals surface area contributed by atoms with E-state index in [9.17, 15) is 9.59 Å². The zero-order valence-electron chi connectivity index (χ0n) is 15.1. The summed E-state index contributed by atoms with van der Waals surface area (Å²) < 4.78 is 5.27. The number of halogens is 1. The second kappa shape index (κ2) is 7.94. The number of nitrogens with zero attached hydrogens (tertiary/aromatic N) is 1. The van der Waals surface area contributed by atoms with Crippen LogP contribution in [0.25, 0.3) is 0 Å². The number of hydrogen-bond acceptors (Lipinski definition) is 4. The van der Waals surface area contributed by atoms with Crippen molar-refractivity contribution in [1.82, 2.24) is 4.90 Å². The molecule has 1 saturated heterocycles. The van der Waals surface area contributed by atoms with E-state index in [0.29, 0.717) is 42.6 Å². The Balaban J connectivity index is 1.69. The van der Waals surface area contributed by atoms with Crippen LogP contribution in [0.3, 0.4) is 0 Å². The van der Waals surface area contributed by atoms with Crippen molar-refractivity contribution >= 4 is 29.1 Å². The number of rotatable bonds is 3. The number of ether oxygens (including phenoxy) is 1. The van der Waals surface area contributed by atoms with Gasteiger partial charge < -0.3 is 20.7 Å². The molecular weight excluding hydrogens is 354 g/mol. The van der Waals surface area contributed by atoms with Crippen LogP contribution in [-0.4, -0.2) is 48.6 Å². The third kappa shape index (κ3) is 4.19. The third-order valence-electron chi connectivity index (χ3n) is 5.34. The SMILES string of the molecule is CC1(N)CCCCC1C(=O)Nc1ccc(C(=O)N2CCOCC2)c(Cl)c1. The molecule has 1 aromatic carbocycles. The van der Waals surface area contributed by atoms with Gasteiger partial charge in [0, 0.05) is 24.3 Å². The topological polar surface area (TPSA) is 84.7 Å². The standard InChI is InChI=1S/C19H26ClN3O3/c1-19(21)7-3-2-4-15(19)17(24)22-13-5-6-14(16(20)12-13)18(25)23-8-10-26-11-9-23/h5-6,12,15H,2-4,7-11,21H2,1H3,(H,22,24). The van der Waals surface area contributed by atoms with Gasteiger partial charge in [0.25, 0.3) is 5.91 Å². The van der Waals surface area contributed by atoms with Gasteiger partial charge in [0.05, 0.1) is 29.7 Å². The minimum absolute atomic E-state index is 0.0852. The Morgan fingerprint density at radius 2 is 2.04 bits per heavy atom. The average molecular weight is 380 g/mol. The normalized spacial score (nSPS) is 26.4. The molecule has 3 N–H and O–H groups in total. The highest BCUT2D eigenvalue weighted by Gasteiger charge is 2.37. The summed E-state index contributed by atoms with van der Waals surface area (Å²) in [5.74, 6) is -0.416. The van der Waals surface area contributed by atoms with Gasteiger partial charge >= 0.3 is 0 Å². The molecule has 1 aliphatic carbocycles. The summed E-state index contributed by atoms with van der Waals surface area (Å²) in [5.41, 5.74) is 6.84. The Hall–Kier alpha value is -1.63. The van der Waals surface area contributed by atoms with Crippen LogP contribution < -0.4 is 11.1 Å². The number of hydrogen-bond donors (Lipinski definition) is 2. The molecule has 7 heteroatoms. The molecule has 0 bridgehead atoms. The first-order chi connectivity index (χ1) is 12.4. The van der Waals surface area contributed by atoms with E-state index in [0.717, 1.165) is 25.7 Å². The maximum absolute atomic E-state index is 12.6. The van der Waals surface area contributed by atoms with Gasteiger partial charge in [-0.15, -0.1) is 0 Å². The van der Waals surface area contributed by atoms with Crippen molar-refractivity contribution in [2.75, 3.05) is 31.6 Å². The summed E-state index contributed by atoms with van der Waals surface area (Å²) in [6, 6.07) is 5.01. The molecule has 2 unspecified atom stereocenters. The van der Waals surface area contributed by atoms with Gasteiger partial charge in [0.15, 0.2) is 0 Å². The van der Waals surface area contributed by atoms with Gasteiger partial charge in [-0.25, -0.2) is 0 Å². The highest BCUT2D eigenvalue weighted by Crippen LogP contribution is 2.33.